The van der Waals surface area contributed by atoms with Gasteiger partial charge in [-0.15, -0.1) is 6.58 Å². The van der Waals surface area contributed by atoms with Crippen LogP contribution in [-0.4, -0.2) is 31.3 Å². The molecule has 0 aromatic heterocycles. The SMILES string of the molecule is C=CCCCCCC(NC(=O)OC1CCCC1)C(=O)OC. The maximum absolute atomic E-state index is 11.8. The van der Waals surface area contributed by atoms with Gasteiger partial charge in [-0.1, -0.05) is 18.9 Å². The number of nitrogens with one attached hydrogen (secondary N) is 1. The van der Waals surface area contributed by atoms with Gasteiger partial charge in [0.05, 0.1) is 7.11 Å². The molecule has 0 aromatic carbocycles. The number of hydrogen-bond acceptors (Lipinski definition) is 4. The molecule has 1 rings (SSSR count). The number of esters is 1. The van der Waals surface area contributed by atoms with Gasteiger partial charge in [-0.2, -0.15) is 0 Å². The van der Waals surface area contributed by atoms with Gasteiger partial charge in [0.25, 0.3) is 0 Å². The molecule has 5 nitrogen and oxygen atoms in total. The molecule has 1 aliphatic rings. The van der Waals surface area contributed by atoms with Gasteiger partial charge in [-0.3, -0.25) is 0 Å². The summed E-state index contributed by atoms with van der Waals surface area (Å²) in [6.07, 6.45) is 9.84. The van der Waals surface area contributed by atoms with E-state index in [1.807, 2.05) is 6.08 Å². The lowest BCUT2D eigenvalue weighted by molar-refractivity contribution is -0.143. The van der Waals surface area contributed by atoms with Gasteiger partial charge in [0.15, 0.2) is 0 Å². The van der Waals surface area contributed by atoms with E-state index in [2.05, 4.69) is 11.9 Å². The van der Waals surface area contributed by atoms with Gasteiger partial charge in [0, 0.05) is 0 Å². The second-order valence-corrected chi connectivity index (χ2v) is 5.46. The van der Waals surface area contributed by atoms with Crippen molar-refractivity contribution in [3.8, 4) is 0 Å². The van der Waals surface area contributed by atoms with E-state index in [0.29, 0.717) is 6.42 Å². The highest BCUT2D eigenvalue weighted by Gasteiger charge is 2.24. The molecule has 0 aliphatic heterocycles. The van der Waals surface area contributed by atoms with E-state index in [-0.39, 0.29) is 6.10 Å². The van der Waals surface area contributed by atoms with Crippen molar-refractivity contribution in [1.29, 1.82) is 0 Å². The molecule has 1 unspecified atom stereocenters. The highest BCUT2D eigenvalue weighted by Crippen LogP contribution is 2.21. The molecule has 0 heterocycles. The topological polar surface area (TPSA) is 64.6 Å². The van der Waals surface area contributed by atoms with E-state index in [1.54, 1.807) is 0 Å². The third-order valence-corrected chi connectivity index (χ3v) is 3.75. The van der Waals surface area contributed by atoms with Crippen LogP contribution in [-0.2, 0) is 14.3 Å². The van der Waals surface area contributed by atoms with Crippen molar-refractivity contribution in [3.63, 3.8) is 0 Å². The fourth-order valence-electron chi connectivity index (χ4n) is 2.54. The van der Waals surface area contributed by atoms with Gasteiger partial charge >= 0.3 is 12.1 Å². The van der Waals surface area contributed by atoms with E-state index >= 15 is 0 Å². The maximum Gasteiger partial charge on any atom is 0.408 e. The molecular weight excluding hydrogens is 270 g/mol. The summed E-state index contributed by atoms with van der Waals surface area (Å²) in [7, 11) is 1.33. The Bertz CT molecular complexity index is 337. The number of amides is 1. The van der Waals surface area contributed by atoms with Crippen molar-refractivity contribution in [2.24, 2.45) is 0 Å². The zero-order valence-electron chi connectivity index (χ0n) is 12.9. The minimum absolute atomic E-state index is 0.00381. The fourth-order valence-corrected chi connectivity index (χ4v) is 2.54. The second kappa shape index (κ2) is 10.2. The first-order valence-corrected chi connectivity index (χ1v) is 7.83. The van der Waals surface area contributed by atoms with Gasteiger partial charge in [-0.05, 0) is 44.9 Å². The van der Waals surface area contributed by atoms with Gasteiger partial charge in [0.1, 0.15) is 12.1 Å². The highest BCUT2D eigenvalue weighted by molar-refractivity contribution is 5.81. The smallest absolute Gasteiger partial charge is 0.408 e. The van der Waals surface area contributed by atoms with Crippen LogP contribution in [0, 0.1) is 0 Å². The molecule has 1 fully saturated rings. The van der Waals surface area contributed by atoms with Crippen LogP contribution in [0.3, 0.4) is 0 Å². The highest BCUT2D eigenvalue weighted by atomic mass is 16.6. The Balaban J connectivity index is 2.32. The molecule has 0 aromatic rings. The summed E-state index contributed by atoms with van der Waals surface area (Å²) < 4.78 is 10.0. The summed E-state index contributed by atoms with van der Waals surface area (Å²) in [6.45, 7) is 3.68. The van der Waals surface area contributed by atoms with Gasteiger partial charge in [-0.25, -0.2) is 9.59 Å². The summed E-state index contributed by atoms with van der Waals surface area (Å²) in [5.41, 5.74) is 0. The van der Waals surface area contributed by atoms with Crippen molar-refractivity contribution >= 4 is 12.1 Å². The maximum atomic E-state index is 11.8. The number of carbonyl (C=O) groups is 2. The molecule has 1 amide bonds. The lowest BCUT2D eigenvalue weighted by Crippen LogP contribution is -2.42. The first-order chi connectivity index (χ1) is 10.2. The largest absolute Gasteiger partial charge is 0.467 e. The summed E-state index contributed by atoms with van der Waals surface area (Å²) in [5.74, 6) is -0.415. The van der Waals surface area contributed by atoms with Crippen LogP contribution in [0.4, 0.5) is 4.79 Å². The van der Waals surface area contributed by atoms with Crippen LogP contribution in [0.5, 0.6) is 0 Å². The summed E-state index contributed by atoms with van der Waals surface area (Å²) in [6, 6.07) is -0.618. The standard InChI is InChI=1S/C16H27NO4/c1-3-4-5-6-7-12-14(15(18)20-2)17-16(19)21-13-10-8-9-11-13/h3,13-14H,1,4-12H2,2H3,(H,17,19). The number of allylic oxidation sites excluding steroid dienone is 1. The van der Waals surface area contributed by atoms with Crippen molar-refractivity contribution in [3.05, 3.63) is 12.7 Å². The number of methoxy groups -OCH3 is 1. The number of alkyl carbamates (subject to hydrolysis) is 1. The second-order valence-electron chi connectivity index (χ2n) is 5.46. The van der Waals surface area contributed by atoms with Crippen molar-refractivity contribution < 1.29 is 19.1 Å². The van der Waals surface area contributed by atoms with Crippen LogP contribution in [0.1, 0.15) is 57.8 Å². The molecule has 0 radical (unpaired) electrons. The number of carbonyl (C=O) groups excluding carboxylic acids is 2. The van der Waals surface area contributed by atoms with Crippen molar-refractivity contribution in [1.82, 2.24) is 5.32 Å². The molecule has 1 N–H and O–H groups in total. The number of unbranched alkanes of at least 4 members (excludes halogenated alkanes) is 3. The Morgan fingerprint density at radius 3 is 2.62 bits per heavy atom. The van der Waals surface area contributed by atoms with E-state index in [4.69, 9.17) is 9.47 Å². The Kier molecular flexibility index (Phi) is 8.55. The lowest BCUT2D eigenvalue weighted by atomic mass is 10.1. The Hall–Kier alpha value is -1.52. The molecule has 120 valence electrons. The predicted molar refractivity (Wildman–Crippen MR) is 81.0 cm³/mol. The first-order valence-electron chi connectivity index (χ1n) is 7.83. The van der Waals surface area contributed by atoms with Gasteiger partial charge in [0.2, 0.25) is 0 Å². The first kappa shape index (κ1) is 17.5. The zero-order chi connectivity index (χ0) is 15.5. The number of ether oxygens (including phenoxy) is 2. The molecular formula is C16H27NO4. The fraction of sp³-hybridized carbons (Fsp3) is 0.750. The average molecular weight is 297 g/mol. The lowest BCUT2D eigenvalue weighted by Gasteiger charge is -2.18. The molecule has 0 spiro atoms. The van der Waals surface area contributed by atoms with Crippen LogP contribution in [0.2, 0.25) is 0 Å². The minimum atomic E-state index is -0.618. The van der Waals surface area contributed by atoms with Gasteiger partial charge < -0.3 is 14.8 Å². The monoisotopic (exact) mass is 297 g/mol. The summed E-state index contributed by atoms with van der Waals surface area (Å²) >= 11 is 0. The molecule has 1 aliphatic carbocycles. The van der Waals surface area contributed by atoms with Crippen molar-refractivity contribution in [2.45, 2.75) is 69.9 Å². The van der Waals surface area contributed by atoms with Crippen LogP contribution < -0.4 is 5.32 Å². The molecule has 1 atom stereocenters. The average Bonchev–Trinajstić information content (AvgIpc) is 2.97. The summed E-state index contributed by atoms with van der Waals surface area (Å²) in [5, 5.41) is 2.63. The molecule has 0 saturated heterocycles. The molecule has 0 bridgehead atoms. The quantitative estimate of drug-likeness (QED) is 0.403. The zero-order valence-corrected chi connectivity index (χ0v) is 12.9. The molecule has 5 heteroatoms. The molecule has 21 heavy (non-hydrogen) atoms. The Labute approximate surface area is 127 Å². The van der Waals surface area contributed by atoms with E-state index in [1.165, 1.54) is 7.11 Å². The number of hydrogen-bond donors (Lipinski definition) is 1. The Morgan fingerprint density at radius 1 is 1.29 bits per heavy atom. The van der Waals surface area contributed by atoms with Crippen LogP contribution >= 0.6 is 0 Å². The Morgan fingerprint density at radius 2 is 2.00 bits per heavy atom. The van der Waals surface area contributed by atoms with Crippen LogP contribution in [0.25, 0.3) is 0 Å². The summed E-state index contributed by atoms with van der Waals surface area (Å²) in [4.78, 5) is 23.5. The van der Waals surface area contributed by atoms with Crippen molar-refractivity contribution in [2.75, 3.05) is 7.11 Å². The van der Waals surface area contributed by atoms with E-state index < -0.39 is 18.1 Å². The predicted octanol–water partition coefficient (Wildman–Crippen LogP) is 3.33. The van der Waals surface area contributed by atoms with E-state index in [9.17, 15) is 9.59 Å². The normalized spacial score (nSPS) is 16.2. The third kappa shape index (κ3) is 7.16. The third-order valence-electron chi connectivity index (χ3n) is 3.75. The van der Waals surface area contributed by atoms with Crippen LogP contribution in [0.15, 0.2) is 12.7 Å². The van der Waals surface area contributed by atoms with E-state index in [0.717, 1.165) is 51.4 Å². The molecule has 1 saturated carbocycles. The number of rotatable bonds is 9. The minimum Gasteiger partial charge on any atom is -0.467 e.